The van der Waals surface area contributed by atoms with Crippen LogP contribution in [0.5, 0.6) is 0 Å². The summed E-state index contributed by atoms with van der Waals surface area (Å²) in [6, 6.07) is 6.68. The van der Waals surface area contributed by atoms with Gasteiger partial charge < -0.3 is 9.52 Å². The molecule has 0 aliphatic rings. The molecule has 1 atom stereocenters. The predicted octanol–water partition coefficient (Wildman–Crippen LogP) is 2.27. The number of hydrogen-bond donors (Lipinski definition) is 1. The summed E-state index contributed by atoms with van der Waals surface area (Å²) < 4.78 is 31.3. The number of para-hydroxylation sites is 1. The summed E-state index contributed by atoms with van der Waals surface area (Å²) in [6.07, 6.45) is 0. The van der Waals surface area contributed by atoms with Gasteiger partial charge in [0.25, 0.3) is 5.69 Å². The first-order valence-electron chi connectivity index (χ1n) is 6.70. The highest BCUT2D eigenvalue weighted by atomic mass is 32.2. The number of nitro benzene ring substituents is 1. The van der Waals surface area contributed by atoms with Crippen molar-refractivity contribution in [2.45, 2.75) is 17.9 Å². The second-order valence-electron chi connectivity index (χ2n) is 4.93. The van der Waals surface area contributed by atoms with E-state index in [1.165, 1.54) is 38.2 Å². The number of carboxylic acid groups (broad SMARTS) is 1. The number of rotatable bonds is 6. The average Bonchev–Trinajstić information content (AvgIpc) is 3.03. The molecule has 1 heterocycles. The van der Waals surface area contributed by atoms with Crippen LogP contribution in [0.2, 0.25) is 0 Å². The molecule has 0 radical (unpaired) electrons. The first kappa shape index (κ1) is 17.6. The summed E-state index contributed by atoms with van der Waals surface area (Å²) in [5.74, 6) is -1.50. The summed E-state index contributed by atoms with van der Waals surface area (Å²) in [7, 11) is -2.95. The Morgan fingerprint density at radius 3 is 2.46 bits per heavy atom. The van der Waals surface area contributed by atoms with Crippen LogP contribution in [-0.4, -0.2) is 35.8 Å². The average molecular weight is 354 g/mol. The van der Waals surface area contributed by atoms with Crippen LogP contribution in [0.25, 0.3) is 0 Å². The third-order valence-corrected chi connectivity index (χ3v) is 5.49. The van der Waals surface area contributed by atoms with E-state index in [1.807, 2.05) is 0 Å². The summed E-state index contributed by atoms with van der Waals surface area (Å²) in [5, 5.41) is 19.9. The lowest BCUT2D eigenvalue weighted by Gasteiger charge is -2.22. The minimum Gasteiger partial charge on any atom is -0.475 e. The van der Waals surface area contributed by atoms with E-state index >= 15 is 0 Å². The summed E-state index contributed by atoms with van der Waals surface area (Å²) in [6.45, 7) is 1.48. The molecule has 1 aromatic carbocycles. The fourth-order valence-corrected chi connectivity index (χ4v) is 3.55. The minimum atomic E-state index is -4.19. The van der Waals surface area contributed by atoms with Crippen LogP contribution in [0.1, 0.15) is 29.3 Å². The van der Waals surface area contributed by atoms with Crippen molar-refractivity contribution in [3.8, 4) is 0 Å². The fraction of sp³-hybridized carbons (Fsp3) is 0.214. The molecule has 24 heavy (non-hydrogen) atoms. The molecule has 0 saturated carbocycles. The topological polar surface area (TPSA) is 131 Å². The van der Waals surface area contributed by atoms with Gasteiger partial charge in [0, 0.05) is 13.1 Å². The molecule has 0 bridgehead atoms. The number of benzene rings is 1. The van der Waals surface area contributed by atoms with Gasteiger partial charge in [0.05, 0.1) is 11.0 Å². The van der Waals surface area contributed by atoms with Crippen LogP contribution in [-0.2, 0) is 10.0 Å². The van der Waals surface area contributed by atoms with E-state index in [4.69, 9.17) is 9.52 Å². The molecule has 1 aromatic heterocycles. The van der Waals surface area contributed by atoms with Gasteiger partial charge in [0.2, 0.25) is 15.8 Å². The first-order chi connectivity index (χ1) is 11.2. The predicted molar refractivity (Wildman–Crippen MR) is 82.1 cm³/mol. The van der Waals surface area contributed by atoms with Crippen molar-refractivity contribution in [1.82, 2.24) is 4.31 Å². The molecule has 10 heteroatoms. The Morgan fingerprint density at radius 2 is 1.92 bits per heavy atom. The maximum absolute atomic E-state index is 12.7. The van der Waals surface area contributed by atoms with Gasteiger partial charge in [0.15, 0.2) is 4.90 Å². The van der Waals surface area contributed by atoms with Crippen LogP contribution < -0.4 is 0 Å². The van der Waals surface area contributed by atoms with E-state index in [0.29, 0.717) is 0 Å². The number of furan rings is 1. The lowest BCUT2D eigenvalue weighted by molar-refractivity contribution is -0.387. The van der Waals surface area contributed by atoms with Gasteiger partial charge in [0.1, 0.15) is 5.76 Å². The SMILES string of the molecule is C[C@@H](c1ccc(C(=O)O)o1)N(C)S(=O)(=O)c1ccccc1[N+](=O)[O-]. The van der Waals surface area contributed by atoms with Gasteiger partial charge in [-0.15, -0.1) is 0 Å². The van der Waals surface area contributed by atoms with Crippen molar-refractivity contribution in [2.24, 2.45) is 0 Å². The Morgan fingerprint density at radius 1 is 1.29 bits per heavy atom. The van der Waals surface area contributed by atoms with Crippen LogP contribution in [0.4, 0.5) is 5.69 Å². The normalized spacial score (nSPS) is 13.0. The van der Waals surface area contributed by atoms with E-state index in [1.54, 1.807) is 0 Å². The monoisotopic (exact) mass is 354 g/mol. The third-order valence-electron chi connectivity index (χ3n) is 3.51. The number of sulfonamides is 1. The maximum atomic E-state index is 12.7. The molecule has 0 unspecified atom stereocenters. The number of aromatic carboxylic acids is 1. The molecule has 0 fully saturated rings. The number of carbonyl (C=O) groups is 1. The van der Waals surface area contributed by atoms with Gasteiger partial charge in [-0.25, -0.2) is 13.2 Å². The Bertz CT molecular complexity index is 888. The highest BCUT2D eigenvalue weighted by Crippen LogP contribution is 2.31. The van der Waals surface area contributed by atoms with Gasteiger partial charge in [-0.05, 0) is 25.1 Å². The zero-order chi connectivity index (χ0) is 18.1. The minimum absolute atomic E-state index is 0.108. The van der Waals surface area contributed by atoms with Crippen LogP contribution >= 0.6 is 0 Å². The second kappa shape index (κ2) is 6.42. The molecule has 2 rings (SSSR count). The number of carboxylic acids is 1. The van der Waals surface area contributed by atoms with E-state index in [2.05, 4.69) is 0 Å². The lowest BCUT2D eigenvalue weighted by atomic mass is 10.2. The fourth-order valence-electron chi connectivity index (χ4n) is 2.06. The van der Waals surface area contributed by atoms with Crippen molar-refractivity contribution >= 4 is 21.7 Å². The third kappa shape index (κ3) is 3.14. The van der Waals surface area contributed by atoms with Crippen LogP contribution in [0, 0.1) is 10.1 Å². The highest BCUT2D eigenvalue weighted by molar-refractivity contribution is 7.89. The Labute approximate surface area is 137 Å². The van der Waals surface area contributed by atoms with Crippen LogP contribution in [0.3, 0.4) is 0 Å². The zero-order valence-corrected chi connectivity index (χ0v) is 13.6. The smallest absolute Gasteiger partial charge is 0.371 e. The number of nitro groups is 1. The molecule has 0 spiro atoms. The van der Waals surface area contributed by atoms with Gasteiger partial charge in [-0.1, -0.05) is 12.1 Å². The maximum Gasteiger partial charge on any atom is 0.371 e. The van der Waals surface area contributed by atoms with Gasteiger partial charge in [-0.2, -0.15) is 4.31 Å². The molecule has 2 aromatic rings. The molecule has 0 saturated heterocycles. The largest absolute Gasteiger partial charge is 0.475 e. The quantitative estimate of drug-likeness (QED) is 0.621. The molecule has 128 valence electrons. The van der Waals surface area contributed by atoms with Crippen molar-refractivity contribution in [3.63, 3.8) is 0 Å². The zero-order valence-electron chi connectivity index (χ0n) is 12.7. The van der Waals surface area contributed by atoms with Crippen molar-refractivity contribution in [2.75, 3.05) is 7.05 Å². The number of hydrogen-bond acceptors (Lipinski definition) is 6. The van der Waals surface area contributed by atoms with Gasteiger partial charge in [-0.3, -0.25) is 10.1 Å². The van der Waals surface area contributed by atoms with Crippen LogP contribution in [0.15, 0.2) is 45.7 Å². The summed E-state index contributed by atoms with van der Waals surface area (Å²) >= 11 is 0. The molecule has 9 nitrogen and oxygen atoms in total. The van der Waals surface area contributed by atoms with Gasteiger partial charge >= 0.3 is 5.97 Å². The summed E-state index contributed by atoms with van der Waals surface area (Å²) in [5.41, 5.74) is -0.540. The molecule has 0 amide bonds. The first-order valence-corrected chi connectivity index (χ1v) is 8.14. The van der Waals surface area contributed by atoms with Crippen molar-refractivity contribution in [3.05, 3.63) is 58.0 Å². The van der Waals surface area contributed by atoms with E-state index in [-0.39, 0.29) is 11.5 Å². The van der Waals surface area contributed by atoms with Crippen molar-refractivity contribution in [1.29, 1.82) is 0 Å². The lowest BCUT2D eigenvalue weighted by Crippen LogP contribution is -2.30. The second-order valence-corrected chi connectivity index (χ2v) is 6.90. The molecule has 0 aliphatic carbocycles. The van der Waals surface area contributed by atoms with E-state index in [9.17, 15) is 23.3 Å². The molecule has 1 N–H and O–H groups in total. The Hall–Kier alpha value is -2.72. The van der Waals surface area contributed by atoms with E-state index < -0.39 is 37.5 Å². The Kier molecular flexibility index (Phi) is 4.71. The Balaban J connectivity index is 2.41. The standard InChI is InChI=1S/C14H14N2O7S/c1-9(11-7-8-12(23-11)14(17)18)15(2)24(21,22)13-6-4-3-5-10(13)16(19)20/h3-9H,1-2H3,(H,17,18)/t9-/m0/s1. The molecular weight excluding hydrogens is 340 g/mol. The number of nitrogens with zero attached hydrogens (tertiary/aromatic N) is 2. The molecular formula is C14H14N2O7S. The van der Waals surface area contributed by atoms with E-state index in [0.717, 1.165) is 16.4 Å². The summed E-state index contributed by atoms with van der Waals surface area (Å²) in [4.78, 5) is 20.7. The molecule has 0 aliphatic heterocycles. The highest BCUT2D eigenvalue weighted by Gasteiger charge is 2.33. The van der Waals surface area contributed by atoms with Crippen molar-refractivity contribution < 1.29 is 27.7 Å².